The van der Waals surface area contributed by atoms with E-state index in [1.54, 1.807) is 0 Å². The first-order valence-electron chi connectivity index (χ1n) is 3.14. The molecule has 0 radical (unpaired) electrons. The molecule has 1 aliphatic rings. The molecule has 1 heterocycles. The van der Waals surface area contributed by atoms with E-state index in [9.17, 15) is 9.59 Å². The Morgan fingerprint density at radius 3 is 2.50 bits per heavy atom. The Morgan fingerprint density at radius 1 is 1.58 bits per heavy atom. The summed E-state index contributed by atoms with van der Waals surface area (Å²) in [6, 6.07) is 0. The molecule has 0 aromatic heterocycles. The molecule has 0 aliphatic carbocycles. The Balaban J connectivity index is 2.94. The van der Waals surface area contributed by atoms with Gasteiger partial charge in [-0.3, -0.25) is 9.59 Å². The van der Waals surface area contributed by atoms with Crippen LogP contribution >= 0.6 is 11.8 Å². The highest BCUT2D eigenvalue weighted by molar-refractivity contribution is 8.04. The Bertz CT molecular complexity index is 266. The minimum atomic E-state index is -1.52. The third kappa shape index (κ3) is 1.19. The number of nitrogens with two attached hydrogens (primary N) is 2. The van der Waals surface area contributed by atoms with Crippen molar-refractivity contribution in [1.82, 2.24) is 0 Å². The number of carboxylic acid groups (broad SMARTS) is 1. The van der Waals surface area contributed by atoms with Crippen molar-refractivity contribution < 1.29 is 14.7 Å². The number of primary amides is 1. The average Bonchev–Trinajstić information content (AvgIpc) is 2.32. The number of amides is 1. The Labute approximate surface area is 72.8 Å². The molecule has 12 heavy (non-hydrogen) atoms. The molecule has 0 spiro atoms. The van der Waals surface area contributed by atoms with E-state index in [-0.39, 0.29) is 0 Å². The smallest absolute Gasteiger partial charge is 0.313 e. The van der Waals surface area contributed by atoms with E-state index in [1.165, 1.54) is 11.5 Å². The number of carbonyl (C=O) groups is 2. The predicted molar refractivity (Wildman–Crippen MR) is 44.0 cm³/mol. The molecule has 0 aromatic carbocycles. The molecule has 0 unspecified atom stereocenters. The fourth-order valence-corrected chi connectivity index (χ4v) is 1.83. The van der Waals surface area contributed by atoms with Gasteiger partial charge < -0.3 is 16.6 Å². The topological polar surface area (TPSA) is 106 Å². The Morgan fingerprint density at radius 2 is 2.17 bits per heavy atom. The van der Waals surface area contributed by atoms with Gasteiger partial charge in [-0.25, -0.2) is 0 Å². The van der Waals surface area contributed by atoms with Gasteiger partial charge in [-0.2, -0.15) is 0 Å². The summed E-state index contributed by atoms with van der Waals surface area (Å²) >= 11 is 0.931. The molecule has 1 aliphatic heterocycles. The number of carboxylic acids is 1. The van der Waals surface area contributed by atoms with Crippen molar-refractivity contribution in [3.8, 4) is 0 Å². The first kappa shape index (κ1) is 9.08. The number of thioether (sulfide) groups is 1. The van der Waals surface area contributed by atoms with Crippen molar-refractivity contribution in [2.75, 3.05) is 0 Å². The van der Waals surface area contributed by atoms with Crippen molar-refractivity contribution in [2.45, 2.75) is 4.87 Å². The third-order valence-corrected chi connectivity index (χ3v) is 2.79. The van der Waals surface area contributed by atoms with Gasteiger partial charge in [0.15, 0.2) is 4.87 Å². The van der Waals surface area contributed by atoms with E-state index in [0.717, 1.165) is 11.8 Å². The van der Waals surface area contributed by atoms with Crippen LogP contribution in [0.3, 0.4) is 0 Å². The minimum absolute atomic E-state index is 0.815. The monoisotopic (exact) mass is 188 g/mol. The molecule has 0 aromatic rings. The molecular weight excluding hydrogens is 180 g/mol. The highest BCUT2D eigenvalue weighted by atomic mass is 32.2. The van der Waals surface area contributed by atoms with E-state index in [1.807, 2.05) is 0 Å². The first-order valence-corrected chi connectivity index (χ1v) is 4.02. The molecule has 66 valence electrons. The Kier molecular flexibility index (Phi) is 2.12. The van der Waals surface area contributed by atoms with E-state index in [2.05, 4.69) is 0 Å². The zero-order valence-electron chi connectivity index (χ0n) is 6.06. The van der Waals surface area contributed by atoms with Crippen LogP contribution in [0.5, 0.6) is 0 Å². The fraction of sp³-hybridized carbons (Fsp3) is 0.333. The van der Waals surface area contributed by atoms with Crippen LogP contribution in [0.2, 0.25) is 0 Å². The lowest BCUT2D eigenvalue weighted by molar-refractivity contribution is -0.143. The maximum Gasteiger partial charge on any atom is 0.313 e. The van der Waals surface area contributed by atoms with E-state index in [4.69, 9.17) is 16.6 Å². The second-order valence-electron chi connectivity index (χ2n) is 2.42. The molecule has 0 saturated carbocycles. The highest BCUT2D eigenvalue weighted by Crippen LogP contribution is 2.36. The summed E-state index contributed by atoms with van der Waals surface area (Å²) in [5.41, 5.74) is 10.5. The minimum Gasteiger partial charge on any atom is -0.481 e. The van der Waals surface area contributed by atoms with Crippen molar-refractivity contribution in [3.05, 3.63) is 11.5 Å². The summed E-state index contributed by atoms with van der Waals surface area (Å²) < 4.78 is 0. The fourth-order valence-electron chi connectivity index (χ4n) is 0.924. The molecule has 6 heteroatoms. The average molecular weight is 188 g/mol. The predicted octanol–water partition coefficient (Wildman–Crippen LogP) is -0.912. The van der Waals surface area contributed by atoms with Gasteiger partial charge >= 0.3 is 5.97 Å². The van der Waals surface area contributed by atoms with Crippen LogP contribution in [0.4, 0.5) is 0 Å². The third-order valence-electron chi connectivity index (χ3n) is 1.65. The van der Waals surface area contributed by atoms with Gasteiger partial charge in [0.05, 0.1) is 0 Å². The summed E-state index contributed by atoms with van der Waals surface area (Å²) in [5.74, 6) is -2.98. The molecule has 5 N–H and O–H groups in total. The number of hydrogen-bond acceptors (Lipinski definition) is 4. The lowest BCUT2D eigenvalue weighted by Crippen LogP contribution is -2.54. The van der Waals surface area contributed by atoms with Gasteiger partial charge in [0.25, 0.3) is 0 Å². The zero-order valence-corrected chi connectivity index (χ0v) is 6.88. The second kappa shape index (κ2) is 2.80. The van der Waals surface area contributed by atoms with Gasteiger partial charge in [0.2, 0.25) is 5.91 Å². The maximum absolute atomic E-state index is 10.8. The highest BCUT2D eigenvalue weighted by Gasteiger charge is 2.46. The summed E-state index contributed by atoms with van der Waals surface area (Å²) in [5, 5.41) is 10.1. The van der Waals surface area contributed by atoms with Crippen LogP contribution < -0.4 is 11.5 Å². The van der Waals surface area contributed by atoms with Crippen LogP contribution in [0, 0.1) is 5.92 Å². The summed E-state index contributed by atoms with van der Waals surface area (Å²) in [6.07, 6.45) is 1.36. The van der Waals surface area contributed by atoms with Gasteiger partial charge in [0, 0.05) is 0 Å². The Hall–Kier alpha value is -1.01. The van der Waals surface area contributed by atoms with Gasteiger partial charge in [-0.1, -0.05) is 6.08 Å². The lowest BCUT2D eigenvalue weighted by atomic mass is 10.00. The number of rotatable bonds is 2. The number of carbonyl (C=O) groups excluding carboxylic acids is 1. The molecule has 0 saturated heterocycles. The zero-order chi connectivity index (χ0) is 9.35. The van der Waals surface area contributed by atoms with Gasteiger partial charge in [-0.05, 0) is 5.41 Å². The van der Waals surface area contributed by atoms with Crippen LogP contribution in [-0.2, 0) is 9.59 Å². The second-order valence-corrected chi connectivity index (χ2v) is 3.60. The summed E-state index contributed by atoms with van der Waals surface area (Å²) in [7, 11) is 0. The van der Waals surface area contributed by atoms with Crippen molar-refractivity contribution in [2.24, 2.45) is 17.4 Å². The summed E-state index contributed by atoms with van der Waals surface area (Å²) in [4.78, 5) is 19.9. The quantitative estimate of drug-likeness (QED) is 0.520. The van der Waals surface area contributed by atoms with Crippen LogP contribution in [0.15, 0.2) is 11.5 Å². The maximum atomic E-state index is 10.8. The van der Waals surface area contributed by atoms with E-state index < -0.39 is 22.7 Å². The normalized spacial score (nSPS) is 33.6. The summed E-state index contributed by atoms with van der Waals surface area (Å²) in [6.45, 7) is 0. The molecule has 0 fully saturated rings. The van der Waals surface area contributed by atoms with Gasteiger partial charge in [-0.15, -0.1) is 11.8 Å². The van der Waals surface area contributed by atoms with Crippen LogP contribution in [0.1, 0.15) is 0 Å². The number of aliphatic carboxylic acids is 1. The van der Waals surface area contributed by atoms with E-state index in [0.29, 0.717) is 0 Å². The van der Waals surface area contributed by atoms with E-state index >= 15 is 0 Å². The lowest BCUT2D eigenvalue weighted by Gasteiger charge is -2.23. The van der Waals surface area contributed by atoms with Crippen LogP contribution in [0.25, 0.3) is 0 Å². The standard InChI is InChI=1S/C6H8N2O3S/c7-5(11)6(8)3(4(9)10)1-2-12-6/h1-3H,8H2,(H2,7,11)(H,9,10)/t3-,6-/m0/s1. The SMILES string of the molecule is NC(=O)[C@@]1(N)SC=C[C@H]1C(=O)O. The van der Waals surface area contributed by atoms with Crippen molar-refractivity contribution in [3.63, 3.8) is 0 Å². The molecule has 2 atom stereocenters. The molecular formula is C6H8N2O3S. The first-order chi connectivity index (χ1) is 5.48. The molecule has 5 nitrogen and oxygen atoms in total. The van der Waals surface area contributed by atoms with Crippen molar-refractivity contribution in [1.29, 1.82) is 0 Å². The largest absolute Gasteiger partial charge is 0.481 e. The molecule has 1 amide bonds. The van der Waals surface area contributed by atoms with Crippen LogP contribution in [-0.4, -0.2) is 21.9 Å². The molecule has 1 rings (SSSR count). The van der Waals surface area contributed by atoms with Gasteiger partial charge in [0.1, 0.15) is 5.92 Å². The van der Waals surface area contributed by atoms with Crippen molar-refractivity contribution >= 4 is 23.6 Å². The number of hydrogen-bond donors (Lipinski definition) is 3. The molecule has 0 bridgehead atoms.